The monoisotopic (exact) mass is 338 g/mol. The second-order valence-electron chi connectivity index (χ2n) is 5.58. The molecule has 1 aliphatic heterocycles. The molecule has 1 aromatic heterocycles. The third-order valence-corrected chi connectivity index (χ3v) is 6.11. The van der Waals surface area contributed by atoms with E-state index in [1.807, 2.05) is 7.05 Å². The zero-order valence-electron chi connectivity index (χ0n) is 12.6. The van der Waals surface area contributed by atoms with Crippen molar-refractivity contribution < 1.29 is 8.42 Å². The van der Waals surface area contributed by atoms with Gasteiger partial charge in [-0.05, 0) is 38.1 Å². The summed E-state index contributed by atoms with van der Waals surface area (Å²) in [6.07, 6.45) is 1.49. The second kappa shape index (κ2) is 5.91. The van der Waals surface area contributed by atoms with Crippen molar-refractivity contribution in [1.29, 1.82) is 0 Å². The largest absolute Gasteiger partial charge is 0.326 e. The summed E-state index contributed by atoms with van der Waals surface area (Å²) in [5, 5.41) is 3.30. The van der Waals surface area contributed by atoms with Gasteiger partial charge >= 0.3 is 5.69 Å². The predicted octanol–water partition coefficient (Wildman–Crippen LogP) is -0.411. The number of aromatic nitrogens is 2. The fourth-order valence-electron chi connectivity index (χ4n) is 2.84. The Bertz CT molecular complexity index is 939. The number of H-pyrrole nitrogens is 2. The SMILES string of the molecule is CNC1CCN(S(=O)(=O)c2ccc3[nH]c(=O)[nH]c(=O)c3c2)CC1. The van der Waals surface area contributed by atoms with Crippen LogP contribution in [0.3, 0.4) is 0 Å². The first-order valence-corrected chi connectivity index (χ1v) is 8.79. The molecule has 8 nitrogen and oxygen atoms in total. The van der Waals surface area contributed by atoms with Crippen LogP contribution in [-0.4, -0.2) is 48.9 Å². The van der Waals surface area contributed by atoms with Crippen LogP contribution in [0, 0.1) is 0 Å². The molecule has 2 aromatic rings. The second-order valence-corrected chi connectivity index (χ2v) is 7.52. The average Bonchev–Trinajstić information content (AvgIpc) is 2.54. The van der Waals surface area contributed by atoms with Gasteiger partial charge in [-0.25, -0.2) is 13.2 Å². The number of hydrogen-bond acceptors (Lipinski definition) is 5. The van der Waals surface area contributed by atoms with E-state index >= 15 is 0 Å². The molecule has 0 atom stereocenters. The van der Waals surface area contributed by atoms with Gasteiger partial charge in [-0.1, -0.05) is 0 Å². The summed E-state index contributed by atoms with van der Waals surface area (Å²) in [7, 11) is -1.78. The van der Waals surface area contributed by atoms with E-state index in [-0.39, 0.29) is 10.3 Å². The van der Waals surface area contributed by atoms with Crippen LogP contribution in [0.1, 0.15) is 12.8 Å². The van der Waals surface area contributed by atoms with E-state index in [0.29, 0.717) is 24.6 Å². The van der Waals surface area contributed by atoms with Gasteiger partial charge in [0.1, 0.15) is 0 Å². The maximum absolute atomic E-state index is 12.7. The van der Waals surface area contributed by atoms with Crippen molar-refractivity contribution in [2.24, 2.45) is 0 Å². The molecule has 9 heteroatoms. The van der Waals surface area contributed by atoms with E-state index in [2.05, 4.69) is 15.3 Å². The summed E-state index contributed by atoms with van der Waals surface area (Å²) in [5.41, 5.74) is -0.909. The highest BCUT2D eigenvalue weighted by Gasteiger charge is 2.29. The molecule has 3 rings (SSSR count). The third kappa shape index (κ3) is 2.94. The van der Waals surface area contributed by atoms with Crippen molar-refractivity contribution in [2.75, 3.05) is 20.1 Å². The molecule has 124 valence electrons. The lowest BCUT2D eigenvalue weighted by atomic mass is 10.1. The van der Waals surface area contributed by atoms with Crippen LogP contribution in [0.2, 0.25) is 0 Å². The van der Waals surface area contributed by atoms with Crippen LogP contribution in [-0.2, 0) is 10.0 Å². The van der Waals surface area contributed by atoms with Crippen molar-refractivity contribution in [3.63, 3.8) is 0 Å². The molecule has 23 heavy (non-hydrogen) atoms. The fourth-order valence-corrected chi connectivity index (χ4v) is 4.34. The molecule has 0 saturated carbocycles. The number of benzene rings is 1. The van der Waals surface area contributed by atoms with Gasteiger partial charge in [-0.15, -0.1) is 0 Å². The van der Waals surface area contributed by atoms with Gasteiger partial charge in [-0.3, -0.25) is 9.78 Å². The molecule has 2 heterocycles. The van der Waals surface area contributed by atoms with Gasteiger partial charge in [0.25, 0.3) is 5.56 Å². The number of hydrogen-bond donors (Lipinski definition) is 3. The molecule has 0 unspecified atom stereocenters. The predicted molar refractivity (Wildman–Crippen MR) is 86.0 cm³/mol. The number of nitrogens with zero attached hydrogens (tertiary/aromatic N) is 1. The third-order valence-electron chi connectivity index (χ3n) is 4.21. The Balaban J connectivity index is 1.99. The normalized spacial score (nSPS) is 17.6. The molecule has 1 aromatic carbocycles. The molecule has 3 N–H and O–H groups in total. The summed E-state index contributed by atoms with van der Waals surface area (Å²) < 4.78 is 26.9. The molecule has 0 spiro atoms. The molecule has 0 radical (unpaired) electrons. The van der Waals surface area contributed by atoms with Crippen molar-refractivity contribution in [3.05, 3.63) is 39.0 Å². The number of fused-ring (bicyclic) bond motifs is 1. The first kappa shape index (κ1) is 15.9. The van der Waals surface area contributed by atoms with Gasteiger partial charge in [0.05, 0.1) is 15.8 Å². The van der Waals surface area contributed by atoms with Gasteiger partial charge in [0, 0.05) is 19.1 Å². The first-order valence-electron chi connectivity index (χ1n) is 7.35. The number of aromatic amines is 2. The number of rotatable bonds is 3. The molecule has 1 saturated heterocycles. The summed E-state index contributed by atoms with van der Waals surface area (Å²) in [5.74, 6) is 0. The zero-order valence-corrected chi connectivity index (χ0v) is 13.4. The molecular weight excluding hydrogens is 320 g/mol. The van der Waals surface area contributed by atoms with E-state index in [9.17, 15) is 18.0 Å². The quantitative estimate of drug-likeness (QED) is 0.704. The highest BCUT2D eigenvalue weighted by atomic mass is 32.2. The lowest BCUT2D eigenvalue weighted by Gasteiger charge is -2.31. The summed E-state index contributed by atoms with van der Waals surface area (Å²) in [6, 6.07) is 4.49. The van der Waals surface area contributed by atoms with Crippen molar-refractivity contribution in [3.8, 4) is 0 Å². The Morgan fingerprint density at radius 1 is 1.17 bits per heavy atom. The minimum Gasteiger partial charge on any atom is -0.317 e. The summed E-state index contributed by atoms with van der Waals surface area (Å²) in [4.78, 5) is 27.7. The van der Waals surface area contributed by atoms with Crippen LogP contribution < -0.4 is 16.6 Å². The van der Waals surface area contributed by atoms with Gasteiger partial charge in [0.2, 0.25) is 10.0 Å². The van der Waals surface area contributed by atoms with E-state index < -0.39 is 21.3 Å². The number of sulfonamides is 1. The molecule has 1 aliphatic rings. The fraction of sp³-hybridized carbons (Fsp3) is 0.429. The molecule has 0 aliphatic carbocycles. The molecule has 0 amide bonds. The number of nitrogens with one attached hydrogen (secondary N) is 3. The molecular formula is C14H18N4O4S. The Hall–Kier alpha value is -1.97. The highest BCUT2D eigenvalue weighted by molar-refractivity contribution is 7.89. The van der Waals surface area contributed by atoms with Crippen LogP contribution in [0.5, 0.6) is 0 Å². The van der Waals surface area contributed by atoms with Crippen LogP contribution in [0.15, 0.2) is 32.7 Å². The zero-order chi connectivity index (χ0) is 16.6. The van der Waals surface area contributed by atoms with Gasteiger partial charge in [-0.2, -0.15) is 4.31 Å². The standard InChI is InChI=1S/C14H18N4O4S/c1-15-9-4-6-18(7-5-9)23(21,22)10-2-3-12-11(8-10)13(19)17-14(20)16-12/h2-3,8-9,15H,4-7H2,1H3,(H2,16,17,19,20). The lowest BCUT2D eigenvalue weighted by Crippen LogP contribution is -2.43. The smallest absolute Gasteiger partial charge is 0.317 e. The van der Waals surface area contributed by atoms with Crippen LogP contribution in [0.25, 0.3) is 10.9 Å². The Kier molecular flexibility index (Phi) is 4.09. The van der Waals surface area contributed by atoms with Crippen molar-refractivity contribution >= 4 is 20.9 Å². The van der Waals surface area contributed by atoms with Crippen LogP contribution >= 0.6 is 0 Å². The first-order chi connectivity index (χ1) is 10.9. The minimum atomic E-state index is -3.65. The Morgan fingerprint density at radius 2 is 1.87 bits per heavy atom. The van der Waals surface area contributed by atoms with Crippen molar-refractivity contribution in [1.82, 2.24) is 19.6 Å². The summed E-state index contributed by atoms with van der Waals surface area (Å²) in [6.45, 7) is 0.877. The molecule has 1 fully saturated rings. The van der Waals surface area contributed by atoms with Crippen LogP contribution in [0.4, 0.5) is 0 Å². The Morgan fingerprint density at radius 3 is 2.52 bits per heavy atom. The van der Waals surface area contributed by atoms with E-state index in [4.69, 9.17) is 0 Å². The maximum Gasteiger partial charge on any atom is 0.326 e. The van der Waals surface area contributed by atoms with Gasteiger partial charge < -0.3 is 10.3 Å². The Labute approximate surface area is 132 Å². The summed E-state index contributed by atoms with van der Waals surface area (Å²) >= 11 is 0. The van der Waals surface area contributed by atoms with E-state index in [1.165, 1.54) is 22.5 Å². The average molecular weight is 338 g/mol. The van der Waals surface area contributed by atoms with E-state index in [0.717, 1.165) is 12.8 Å². The molecule has 0 bridgehead atoms. The number of piperidine rings is 1. The minimum absolute atomic E-state index is 0.0606. The van der Waals surface area contributed by atoms with Crippen molar-refractivity contribution in [2.45, 2.75) is 23.8 Å². The van der Waals surface area contributed by atoms with E-state index in [1.54, 1.807) is 0 Å². The highest BCUT2D eigenvalue weighted by Crippen LogP contribution is 2.22. The topological polar surface area (TPSA) is 115 Å². The lowest BCUT2D eigenvalue weighted by molar-refractivity contribution is 0.298. The van der Waals surface area contributed by atoms with Gasteiger partial charge in [0.15, 0.2) is 0 Å². The maximum atomic E-state index is 12.7.